The number of benzene rings is 8. The number of furan rings is 3. The lowest BCUT2D eigenvalue weighted by Gasteiger charge is -2.26. The van der Waals surface area contributed by atoms with Gasteiger partial charge in [-0.2, -0.15) is 0 Å². The van der Waals surface area contributed by atoms with Gasteiger partial charge in [0.25, 0.3) is 0 Å². The average molecular weight is 698 g/mol. The van der Waals surface area contributed by atoms with Crippen LogP contribution in [0.4, 0.5) is 17.1 Å². The van der Waals surface area contributed by atoms with Crippen molar-refractivity contribution in [1.29, 1.82) is 0 Å². The molecule has 12 aromatic rings. The summed E-state index contributed by atoms with van der Waals surface area (Å²) in [6, 6.07) is 57.6. The van der Waals surface area contributed by atoms with Crippen LogP contribution in [0.15, 0.2) is 177 Å². The third-order valence-corrected chi connectivity index (χ3v) is 12.0. The highest BCUT2D eigenvalue weighted by Crippen LogP contribution is 2.47. The monoisotopic (exact) mass is 697 g/mol. The van der Waals surface area contributed by atoms with Gasteiger partial charge in [-0.1, -0.05) is 91.0 Å². The number of thiophene rings is 1. The van der Waals surface area contributed by atoms with E-state index in [0.717, 1.165) is 77.5 Å². The van der Waals surface area contributed by atoms with E-state index in [1.807, 2.05) is 47.7 Å². The number of rotatable bonds is 4. The zero-order chi connectivity index (χ0) is 34.6. The predicted molar refractivity (Wildman–Crippen MR) is 221 cm³/mol. The molecule has 0 aliphatic rings. The summed E-state index contributed by atoms with van der Waals surface area (Å²) in [5.74, 6) is 0. The van der Waals surface area contributed by atoms with Crippen molar-refractivity contribution in [2.24, 2.45) is 0 Å². The van der Waals surface area contributed by atoms with Crippen LogP contribution in [-0.4, -0.2) is 0 Å². The van der Waals surface area contributed by atoms with Gasteiger partial charge in [0.2, 0.25) is 0 Å². The van der Waals surface area contributed by atoms with Crippen LogP contribution in [0.25, 0.3) is 97.1 Å². The van der Waals surface area contributed by atoms with E-state index in [4.69, 9.17) is 13.3 Å². The molecule has 0 radical (unpaired) electrons. The van der Waals surface area contributed by atoms with E-state index in [-0.39, 0.29) is 0 Å². The summed E-state index contributed by atoms with van der Waals surface area (Å²) in [5, 5.41) is 9.25. The SMILES string of the molecule is c1ccc2c(c1)oc1cc(N(c3ccc(-c4cccc5c4sc4c5ccc5oc6ccccc6c54)cc3)c3cccc4oc5ccccc5c34)ccc12. The lowest BCUT2D eigenvalue weighted by atomic mass is 10.0. The topological polar surface area (TPSA) is 42.7 Å². The molecule has 0 spiro atoms. The standard InChI is InChI=1S/C48H27NO3S/c1-4-15-39-32(9-1)33-24-23-30(27-44(33)52-39)49(38-14-8-18-42-45(38)36-10-2-5-16-40(36)50-42)29-21-19-28(20-22-29)31-12-7-13-34-35-25-26-43-46(48(35)53-47(31)34)37-11-3-6-17-41(37)51-43/h1-27H. The maximum absolute atomic E-state index is 6.40. The van der Waals surface area contributed by atoms with Crippen molar-refractivity contribution in [1.82, 2.24) is 0 Å². The fourth-order valence-corrected chi connectivity index (χ4v) is 9.69. The molecule has 0 bridgehead atoms. The predicted octanol–water partition coefficient (Wildman–Crippen LogP) is 14.9. The Morgan fingerprint density at radius 3 is 1.70 bits per heavy atom. The Balaban J connectivity index is 1.05. The molecule has 0 saturated carbocycles. The highest BCUT2D eigenvalue weighted by molar-refractivity contribution is 7.27. The summed E-state index contributed by atoms with van der Waals surface area (Å²) in [6.07, 6.45) is 0. The van der Waals surface area contributed by atoms with E-state index in [9.17, 15) is 0 Å². The molecule has 248 valence electrons. The molecule has 0 atom stereocenters. The van der Waals surface area contributed by atoms with Gasteiger partial charge in [0.05, 0.1) is 11.1 Å². The Morgan fingerprint density at radius 1 is 0.358 bits per heavy atom. The van der Waals surface area contributed by atoms with Gasteiger partial charge in [-0.25, -0.2) is 0 Å². The summed E-state index contributed by atoms with van der Waals surface area (Å²) in [7, 11) is 0. The van der Waals surface area contributed by atoms with E-state index in [0.29, 0.717) is 0 Å². The van der Waals surface area contributed by atoms with Gasteiger partial charge >= 0.3 is 0 Å². The molecule has 0 aliphatic carbocycles. The van der Waals surface area contributed by atoms with Gasteiger partial charge < -0.3 is 18.2 Å². The van der Waals surface area contributed by atoms with Crippen LogP contribution >= 0.6 is 11.3 Å². The van der Waals surface area contributed by atoms with Gasteiger partial charge in [0, 0.05) is 64.5 Å². The summed E-state index contributed by atoms with van der Waals surface area (Å²) in [4.78, 5) is 2.32. The number of nitrogens with zero attached hydrogens (tertiary/aromatic N) is 1. The Morgan fingerprint density at radius 2 is 0.906 bits per heavy atom. The number of hydrogen-bond acceptors (Lipinski definition) is 5. The Kier molecular flexibility index (Phi) is 5.90. The Labute approximate surface area is 306 Å². The van der Waals surface area contributed by atoms with Crippen LogP contribution in [0.1, 0.15) is 0 Å². The van der Waals surface area contributed by atoms with Crippen LogP contribution in [0.3, 0.4) is 0 Å². The first-order valence-electron chi connectivity index (χ1n) is 17.7. The van der Waals surface area contributed by atoms with Crippen LogP contribution in [0, 0.1) is 0 Å². The van der Waals surface area contributed by atoms with E-state index >= 15 is 0 Å². The molecule has 0 N–H and O–H groups in total. The molecular formula is C48H27NO3S. The molecule has 0 fully saturated rings. The van der Waals surface area contributed by atoms with E-state index < -0.39 is 0 Å². The van der Waals surface area contributed by atoms with Crippen LogP contribution in [0.2, 0.25) is 0 Å². The Hall–Kier alpha value is -6.82. The summed E-state index contributed by atoms with van der Waals surface area (Å²) >= 11 is 1.85. The smallest absolute Gasteiger partial charge is 0.137 e. The van der Waals surface area contributed by atoms with Crippen molar-refractivity contribution in [2.45, 2.75) is 0 Å². The van der Waals surface area contributed by atoms with Crippen LogP contribution < -0.4 is 4.90 Å². The lowest BCUT2D eigenvalue weighted by molar-refractivity contribution is 0.668. The van der Waals surface area contributed by atoms with Crippen molar-refractivity contribution in [3.8, 4) is 11.1 Å². The normalized spacial score (nSPS) is 12.2. The highest BCUT2D eigenvalue weighted by Gasteiger charge is 2.21. The molecule has 0 amide bonds. The molecule has 5 heteroatoms. The first-order chi connectivity index (χ1) is 26.3. The molecule has 4 heterocycles. The molecular weight excluding hydrogens is 671 g/mol. The second-order valence-electron chi connectivity index (χ2n) is 13.6. The lowest BCUT2D eigenvalue weighted by Crippen LogP contribution is -2.10. The summed E-state index contributed by atoms with van der Waals surface area (Å²) in [5.41, 5.74) is 10.8. The fourth-order valence-electron chi connectivity index (χ4n) is 8.31. The largest absolute Gasteiger partial charge is 0.456 e. The second-order valence-corrected chi connectivity index (χ2v) is 14.6. The van der Waals surface area contributed by atoms with Crippen molar-refractivity contribution < 1.29 is 13.3 Å². The van der Waals surface area contributed by atoms with E-state index in [1.165, 1.54) is 36.7 Å². The molecule has 8 aromatic carbocycles. The number of fused-ring (bicyclic) bond motifs is 13. The van der Waals surface area contributed by atoms with Crippen molar-refractivity contribution in [2.75, 3.05) is 4.90 Å². The minimum atomic E-state index is 0.852. The average Bonchev–Trinajstić information content (AvgIpc) is 3.98. The van der Waals surface area contributed by atoms with E-state index in [2.05, 4.69) is 132 Å². The van der Waals surface area contributed by atoms with Gasteiger partial charge in [-0.05, 0) is 77.9 Å². The second kappa shape index (κ2) is 10.8. The highest BCUT2D eigenvalue weighted by atomic mass is 32.1. The molecule has 0 aliphatic heterocycles. The van der Waals surface area contributed by atoms with Gasteiger partial charge in [0.15, 0.2) is 0 Å². The van der Waals surface area contributed by atoms with Crippen LogP contribution in [-0.2, 0) is 0 Å². The van der Waals surface area contributed by atoms with Crippen molar-refractivity contribution in [3.05, 3.63) is 164 Å². The van der Waals surface area contributed by atoms with Gasteiger partial charge in [-0.15, -0.1) is 11.3 Å². The molecule has 0 saturated heterocycles. The molecule has 53 heavy (non-hydrogen) atoms. The molecule has 0 unspecified atom stereocenters. The number of hydrogen-bond donors (Lipinski definition) is 0. The van der Waals surface area contributed by atoms with Crippen LogP contribution in [0.5, 0.6) is 0 Å². The fraction of sp³-hybridized carbons (Fsp3) is 0. The van der Waals surface area contributed by atoms with Crippen molar-refractivity contribution >= 4 is 114 Å². The van der Waals surface area contributed by atoms with Gasteiger partial charge in [-0.3, -0.25) is 0 Å². The zero-order valence-electron chi connectivity index (χ0n) is 28.2. The minimum Gasteiger partial charge on any atom is -0.456 e. The first-order valence-corrected chi connectivity index (χ1v) is 18.6. The maximum atomic E-state index is 6.40. The third kappa shape index (κ3) is 4.17. The third-order valence-electron chi connectivity index (χ3n) is 10.7. The molecule has 12 rings (SSSR count). The molecule has 4 nitrogen and oxygen atoms in total. The Bertz CT molecular complexity index is 3420. The number of para-hydroxylation sites is 3. The van der Waals surface area contributed by atoms with E-state index in [1.54, 1.807) is 0 Å². The van der Waals surface area contributed by atoms with Crippen molar-refractivity contribution in [3.63, 3.8) is 0 Å². The summed E-state index contributed by atoms with van der Waals surface area (Å²) < 4.78 is 21.5. The zero-order valence-corrected chi connectivity index (χ0v) is 29.0. The maximum Gasteiger partial charge on any atom is 0.137 e. The molecule has 4 aromatic heterocycles. The van der Waals surface area contributed by atoms with Gasteiger partial charge in [0.1, 0.15) is 33.5 Å². The summed E-state index contributed by atoms with van der Waals surface area (Å²) in [6.45, 7) is 0. The minimum absolute atomic E-state index is 0.852. The first kappa shape index (κ1) is 28.8. The number of anilines is 3. The quantitative estimate of drug-likeness (QED) is 0.184.